The summed E-state index contributed by atoms with van der Waals surface area (Å²) in [5.74, 6) is -0.951. The molecule has 2 atom stereocenters. The third kappa shape index (κ3) is 4.74. The molecule has 0 aliphatic carbocycles. The number of rotatable bonds is 7. The van der Waals surface area contributed by atoms with Gasteiger partial charge in [-0.15, -0.1) is 0 Å². The first-order valence-electron chi connectivity index (χ1n) is 6.77. The van der Waals surface area contributed by atoms with Gasteiger partial charge in [-0.25, -0.2) is 4.79 Å². The van der Waals surface area contributed by atoms with Crippen LogP contribution in [0.5, 0.6) is 5.75 Å². The first-order chi connectivity index (χ1) is 9.90. The van der Waals surface area contributed by atoms with Gasteiger partial charge in [-0.05, 0) is 40.0 Å². The fourth-order valence-electron chi connectivity index (χ4n) is 2.00. The van der Waals surface area contributed by atoms with E-state index in [0.29, 0.717) is 15.8 Å². The molecule has 0 aromatic heterocycles. The van der Waals surface area contributed by atoms with Crippen LogP contribution >= 0.6 is 15.9 Å². The van der Waals surface area contributed by atoms with Gasteiger partial charge in [0.15, 0.2) is 6.04 Å². The minimum atomic E-state index is -1.09. The fourth-order valence-corrected chi connectivity index (χ4v) is 2.56. The van der Waals surface area contributed by atoms with Crippen molar-refractivity contribution in [3.63, 3.8) is 0 Å². The molecule has 0 aliphatic heterocycles. The number of amides is 1. The quantitative estimate of drug-likeness (QED) is 0.785. The smallest absolute Gasteiger partial charge is 0.330 e. The molecule has 1 aromatic rings. The maximum absolute atomic E-state index is 12.0. The Balaban J connectivity index is 2.95. The van der Waals surface area contributed by atoms with Crippen molar-refractivity contribution in [1.29, 1.82) is 0 Å². The van der Waals surface area contributed by atoms with Crippen molar-refractivity contribution in [2.45, 2.75) is 32.7 Å². The first-order valence-corrected chi connectivity index (χ1v) is 7.56. The van der Waals surface area contributed by atoms with E-state index in [4.69, 9.17) is 4.74 Å². The number of carboxylic acid groups (broad SMARTS) is 1. The van der Waals surface area contributed by atoms with Crippen LogP contribution in [0, 0.1) is 5.92 Å². The lowest BCUT2D eigenvalue weighted by atomic mass is 10.0. The van der Waals surface area contributed by atoms with Gasteiger partial charge in [0.1, 0.15) is 5.75 Å². The molecule has 0 aliphatic rings. The molecule has 2 unspecified atom stereocenters. The number of ether oxygens (including phenoxy) is 1. The van der Waals surface area contributed by atoms with Crippen LogP contribution in [0.2, 0.25) is 0 Å². The van der Waals surface area contributed by atoms with Crippen molar-refractivity contribution < 1.29 is 19.4 Å². The Morgan fingerprint density at radius 3 is 2.57 bits per heavy atom. The maximum atomic E-state index is 12.0. The normalized spacial score (nSPS) is 13.3. The predicted octanol–water partition coefficient (Wildman–Crippen LogP) is 3.14. The molecular formula is C15H20BrNO4. The van der Waals surface area contributed by atoms with Gasteiger partial charge in [-0.1, -0.05) is 26.3 Å². The summed E-state index contributed by atoms with van der Waals surface area (Å²) in [5.41, 5.74) is 0.493. The van der Waals surface area contributed by atoms with Crippen LogP contribution in [0.1, 0.15) is 38.3 Å². The molecule has 0 saturated carbocycles. The molecule has 1 aromatic carbocycles. The molecule has 0 spiro atoms. The highest BCUT2D eigenvalue weighted by molar-refractivity contribution is 9.10. The van der Waals surface area contributed by atoms with Crippen molar-refractivity contribution >= 4 is 27.8 Å². The zero-order valence-electron chi connectivity index (χ0n) is 12.4. The molecule has 0 saturated heterocycles. The Kier molecular flexibility index (Phi) is 6.68. The Morgan fingerprint density at radius 1 is 1.43 bits per heavy atom. The van der Waals surface area contributed by atoms with Gasteiger partial charge in [-0.2, -0.15) is 0 Å². The summed E-state index contributed by atoms with van der Waals surface area (Å²) < 4.78 is 5.75. The minimum absolute atomic E-state index is 0.210. The van der Waals surface area contributed by atoms with Crippen molar-refractivity contribution in [2.75, 3.05) is 7.11 Å². The second-order valence-corrected chi connectivity index (χ2v) is 5.72. The van der Waals surface area contributed by atoms with E-state index in [0.717, 1.165) is 12.8 Å². The number of hydrogen-bond acceptors (Lipinski definition) is 3. The van der Waals surface area contributed by atoms with Crippen molar-refractivity contribution in [3.8, 4) is 5.75 Å². The molecule has 1 rings (SSSR count). The van der Waals surface area contributed by atoms with E-state index in [9.17, 15) is 14.7 Å². The number of halogens is 1. The highest BCUT2D eigenvalue weighted by Crippen LogP contribution is 2.28. The van der Waals surface area contributed by atoms with E-state index in [1.54, 1.807) is 25.1 Å². The molecule has 2 N–H and O–H groups in total. The van der Waals surface area contributed by atoms with Gasteiger partial charge in [0.2, 0.25) is 5.91 Å². The number of nitrogens with one attached hydrogen (secondary N) is 1. The number of benzene rings is 1. The molecule has 5 nitrogen and oxygen atoms in total. The monoisotopic (exact) mass is 357 g/mol. The number of methoxy groups -OCH3 is 1. The van der Waals surface area contributed by atoms with Crippen LogP contribution in [0.25, 0.3) is 0 Å². The van der Waals surface area contributed by atoms with Crippen LogP contribution in [0.15, 0.2) is 22.7 Å². The molecule has 1 amide bonds. The Hall–Kier alpha value is -1.56. The third-order valence-electron chi connectivity index (χ3n) is 3.21. The average molecular weight is 358 g/mol. The van der Waals surface area contributed by atoms with E-state index in [2.05, 4.69) is 21.2 Å². The highest BCUT2D eigenvalue weighted by atomic mass is 79.9. The van der Waals surface area contributed by atoms with Crippen LogP contribution in [0.3, 0.4) is 0 Å². The summed E-state index contributed by atoms with van der Waals surface area (Å²) in [6.45, 7) is 3.78. The summed E-state index contributed by atoms with van der Waals surface area (Å²) in [7, 11) is 1.53. The topological polar surface area (TPSA) is 75.6 Å². The molecular weight excluding hydrogens is 338 g/mol. The van der Waals surface area contributed by atoms with E-state index in [-0.39, 0.29) is 11.8 Å². The van der Waals surface area contributed by atoms with E-state index in [1.807, 2.05) is 6.92 Å². The van der Waals surface area contributed by atoms with Crippen LogP contribution in [0.4, 0.5) is 0 Å². The number of aliphatic carboxylic acids is 1. The standard InChI is InChI=1S/C15H20BrNO4/c1-4-5-9(2)14(18)17-13(15(19)20)10-6-7-12(21-3)11(16)8-10/h6-9,13H,4-5H2,1-3H3,(H,17,18)(H,19,20). The third-order valence-corrected chi connectivity index (χ3v) is 3.83. The molecule has 116 valence electrons. The van der Waals surface area contributed by atoms with Crippen LogP contribution < -0.4 is 10.1 Å². The van der Waals surface area contributed by atoms with E-state index >= 15 is 0 Å². The molecule has 0 bridgehead atoms. The van der Waals surface area contributed by atoms with Crippen molar-refractivity contribution in [3.05, 3.63) is 28.2 Å². The van der Waals surface area contributed by atoms with Gasteiger partial charge in [-0.3, -0.25) is 4.79 Å². The molecule has 0 heterocycles. The lowest BCUT2D eigenvalue weighted by Crippen LogP contribution is -2.37. The second-order valence-electron chi connectivity index (χ2n) is 4.86. The van der Waals surface area contributed by atoms with Crippen LogP contribution in [-0.2, 0) is 9.59 Å². The van der Waals surface area contributed by atoms with Gasteiger partial charge < -0.3 is 15.2 Å². The lowest BCUT2D eigenvalue weighted by molar-refractivity contribution is -0.142. The summed E-state index contributed by atoms with van der Waals surface area (Å²) >= 11 is 3.31. The number of carboxylic acids is 1. The maximum Gasteiger partial charge on any atom is 0.330 e. The molecule has 21 heavy (non-hydrogen) atoms. The predicted molar refractivity (Wildman–Crippen MR) is 83.3 cm³/mol. The van der Waals surface area contributed by atoms with Crippen molar-refractivity contribution in [1.82, 2.24) is 5.32 Å². The van der Waals surface area contributed by atoms with Gasteiger partial charge in [0.05, 0.1) is 11.6 Å². The average Bonchev–Trinajstić information content (AvgIpc) is 2.44. The summed E-state index contributed by atoms with van der Waals surface area (Å²) in [4.78, 5) is 23.4. The highest BCUT2D eigenvalue weighted by Gasteiger charge is 2.24. The lowest BCUT2D eigenvalue weighted by Gasteiger charge is -2.18. The fraction of sp³-hybridized carbons (Fsp3) is 0.467. The second kappa shape index (κ2) is 8.02. The SMILES string of the molecule is CCCC(C)C(=O)NC(C(=O)O)c1ccc(OC)c(Br)c1. The van der Waals surface area contributed by atoms with Crippen LogP contribution in [-0.4, -0.2) is 24.1 Å². The van der Waals surface area contributed by atoms with E-state index < -0.39 is 12.0 Å². The summed E-state index contributed by atoms with van der Waals surface area (Å²) in [6.07, 6.45) is 1.60. The zero-order chi connectivity index (χ0) is 16.0. The first kappa shape index (κ1) is 17.5. The summed E-state index contributed by atoms with van der Waals surface area (Å²) in [6, 6.07) is 3.87. The van der Waals surface area contributed by atoms with Gasteiger partial charge in [0, 0.05) is 5.92 Å². The number of carbonyl (C=O) groups excluding carboxylic acids is 1. The minimum Gasteiger partial charge on any atom is -0.496 e. The Bertz CT molecular complexity index is 518. The van der Waals surface area contributed by atoms with Crippen molar-refractivity contribution in [2.24, 2.45) is 5.92 Å². The molecule has 0 fully saturated rings. The number of hydrogen-bond donors (Lipinski definition) is 2. The number of carbonyl (C=O) groups is 2. The zero-order valence-corrected chi connectivity index (χ0v) is 13.9. The molecule has 6 heteroatoms. The summed E-state index contributed by atoms with van der Waals surface area (Å²) in [5, 5.41) is 11.9. The Morgan fingerprint density at radius 2 is 2.10 bits per heavy atom. The molecule has 0 radical (unpaired) electrons. The largest absolute Gasteiger partial charge is 0.496 e. The van der Waals surface area contributed by atoms with Gasteiger partial charge >= 0.3 is 5.97 Å². The Labute approximate surface area is 132 Å². The van der Waals surface area contributed by atoms with Gasteiger partial charge in [0.25, 0.3) is 0 Å². The van der Waals surface area contributed by atoms with E-state index in [1.165, 1.54) is 7.11 Å².